The van der Waals surface area contributed by atoms with E-state index in [0.29, 0.717) is 13.1 Å². The Hall–Kier alpha value is -1.31. The molecule has 1 fully saturated rings. The number of terminal acetylenes is 1. The highest BCUT2D eigenvalue weighted by Gasteiger charge is 2.29. The van der Waals surface area contributed by atoms with E-state index < -0.39 is 0 Å². The zero-order valence-corrected chi connectivity index (χ0v) is 12.3. The van der Waals surface area contributed by atoms with Crippen LogP contribution in [-0.2, 0) is 4.79 Å². The number of nitrogens with one attached hydrogen (secondary N) is 1. The van der Waals surface area contributed by atoms with E-state index in [-0.39, 0.29) is 11.9 Å². The van der Waals surface area contributed by atoms with E-state index in [1.54, 1.807) is 0 Å². The second kappa shape index (κ2) is 6.74. The Morgan fingerprint density at radius 1 is 1.58 bits per heavy atom. The van der Waals surface area contributed by atoms with Crippen molar-refractivity contribution in [2.24, 2.45) is 0 Å². The van der Waals surface area contributed by atoms with Gasteiger partial charge in [0.1, 0.15) is 0 Å². The van der Waals surface area contributed by atoms with Crippen molar-refractivity contribution in [1.82, 2.24) is 10.2 Å². The summed E-state index contributed by atoms with van der Waals surface area (Å²) >= 11 is 3.48. The van der Waals surface area contributed by atoms with Gasteiger partial charge in [-0.05, 0) is 30.5 Å². The lowest BCUT2D eigenvalue weighted by Crippen LogP contribution is -2.37. The minimum Gasteiger partial charge on any atom is -0.335 e. The Bertz CT molecular complexity index is 495. The summed E-state index contributed by atoms with van der Waals surface area (Å²) in [5, 5.41) is 2.96. The smallest absolute Gasteiger partial charge is 0.237 e. The van der Waals surface area contributed by atoms with Crippen molar-refractivity contribution in [2.75, 3.05) is 19.6 Å². The largest absolute Gasteiger partial charge is 0.335 e. The summed E-state index contributed by atoms with van der Waals surface area (Å²) in [5.41, 5.74) is 1.19. The third-order valence-corrected chi connectivity index (χ3v) is 3.80. The quantitative estimate of drug-likeness (QED) is 0.682. The summed E-state index contributed by atoms with van der Waals surface area (Å²) in [5.74, 6) is 2.60. The number of amides is 1. The molecule has 0 bridgehead atoms. The van der Waals surface area contributed by atoms with Gasteiger partial charge in [0.15, 0.2) is 0 Å². The summed E-state index contributed by atoms with van der Waals surface area (Å²) in [6.07, 6.45) is 7.24. The van der Waals surface area contributed by atoms with E-state index in [0.717, 1.165) is 23.9 Å². The van der Waals surface area contributed by atoms with Gasteiger partial charge in [-0.25, -0.2) is 0 Å². The minimum absolute atomic E-state index is 0.123. The lowest BCUT2D eigenvalue weighted by molar-refractivity contribution is -0.131. The van der Waals surface area contributed by atoms with Gasteiger partial charge >= 0.3 is 0 Å². The molecule has 19 heavy (non-hydrogen) atoms. The molecule has 1 atom stereocenters. The Labute approximate surface area is 122 Å². The second-order valence-electron chi connectivity index (χ2n) is 4.61. The molecule has 100 valence electrons. The van der Waals surface area contributed by atoms with Gasteiger partial charge in [0.25, 0.3) is 0 Å². The van der Waals surface area contributed by atoms with Crippen LogP contribution in [0.5, 0.6) is 0 Å². The van der Waals surface area contributed by atoms with Crippen LogP contribution in [0.3, 0.4) is 0 Å². The average molecular weight is 321 g/mol. The number of carbonyl (C=O) groups is 1. The Morgan fingerprint density at radius 3 is 3.16 bits per heavy atom. The van der Waals surface area contributed by atoms with Crippen LogP contribution in [0, 0.1) is 12.3 Å². The van der Waals surface area contributed by atoms with Crippen molar-refractivity contribution < 1.29 is 4.79 Å². The highest BCUT2D eigenvalue weighted by Crippen LogP contribution is 2.32. The lowest BCUT2D eigenvalue weighted by atomic mass is 10.0. The van der Waals surface area contributed by atoms with Crippen LogP contribution in [0.1, 0.15) is 24.4 Å². The van der Waals surface area contributed by atoms with Gasteiger partial charge in [0, 0.05) is 11.0 Å². The maximum Gasteiger partial charge on any atom is 0.237 e. The molecule has 1 aliphatic heterocycles. The number of likely N-dealkylation sites (tertiary alicyclic amines) is 1. The summed E-state index contributed by atoms with van der Waals surface area (Å²) in [7, 11) is 0. The Morgan fingerprint density at radius 2 is 2.42 bits per heavy atom. The fourth-order valence-electron chi connectivity index (χ4n) is 2.47. The van der Waals surface area contributed by atoms with Crippen LogP contribution in [0.2, 0.25) is 0 Å². The molecular formula is C15H17BrN2O. The van der Waals surface area contributed by atoms with E-state index in [1.807, 2.05) is 17.0 Å². The second-order valence-corrected chi connectivity index (χ2v) is 5.52. The third kappa shape index (κ3) is 3.59. The predicted octanol–water partition coefficient (Wildman–Crippen LogP) is 2.34. The molecular weight excluding hydrogens is 304 g/mol. The van der Waals surface area contributed by atoms with Gasteiger partial charge in [-0.15, -0.1) is 6.42 Å². The van der Waals surface area contributed by atoms with Gasteiger partial charge in [-0.1, -0.05) is 34.0 Å². The SMILES string of the molecule is C#CCNCC(=O)N1CCCC1c1cccc(Br)c1. The van der Waals surface area contributed by atoms with E-state index in [9.17, 15) is 4.79 Å². The molecule has 1 saturated heterocycles. The Kier molecular flexibility index (Phi) is 5.00. The van der Waals surface area contributed by atoms with E-state index in [4.69, 9.17) is 6.42 Å². The van der Waals surface area contributed by atoms with Crippen LogP contribution in [0.25, 0.3) is 0 Å². The minimum atomic E-state index is 0.123. The fraction of sp³-hybridized carbons (Fsp3) is 0.400. The van der Waals surface area contributed by atoms with Crippen molar-refractivity contribution in [3.05, 3.63) is 34.3 Å². The normalized spacial score (nSPS) is 18.3. The number of nitrogens with zero attached hydrogens (tertiary/aromatic N) is 1. The van der Waals surface area contributed by atoms with Crippen molar-refractivity contribution in [1.29, 1.82) is 0 Å². The average Bonchev–Trinajstić information content (AvgIpc) is 2.88. The van der Waals surface area contributed by atoms with Crippen LogP contribution < -0.4 is 5.32 Å². The molecule has 1 N–H and O–H groups in total. The molecule has 1 aromatic rings. The van der Waals surface area contributed by atoms with Gasteiger partial charge in [0.05, 0.1) is 19.1 Å². The number of rotatable bonds is 4. The monoisotopic (exact) mass is 320 g/mol. The van der Waals surface area contributed by atoms with Crippen LogP contribution >= 0.6 is 15.9 Å². The number of halogens is 1. The van der Waals surface area contributed by atoms with Crippen molar-refractivity contribution in [3.8, 4) is 12.3 Å². The topological polar surface area (TPSA) is 32.3 Å². The summed E-state index contributed by atoms with van der Waals surface area (Å²) in [6.45, 7) is 1.57. The molecule has 0 radical (unpaired) electrons. The number of benzene rings is 1. The van der Waals surface area contributed by atoms with E-state index in [1.165, 1.54) is 5.56 Å². The first-order chi connectivity index (χ1) is 9.22. The molecule has 0 saturated carbocycles. The summed E-state index contributed by atoms with van der Waals surface area (Å²) in [4.78, 5) is 14.1. The van der Waals surface area contributed by atoms with Gasteiger partial charge < -0.3 is 4.90 Å². The van der Waals surface area contributed by atoms with Crippen LogP contribution in [-0.4, -0.2) is 30.4 Å². The zero-order valence-electron chi connectivity index (χ0n) is 10.7. The molecule has 0 aromatic heterocycles. The molecule has 0 aliphatic carbocycles. The molecule has 1 heterocycles. The number of carbonyl (C=O) groups excluding carboxylic acids is 1. The molecule has 1 amide bonds. The maximum atomic E-state index is 12.2. The molecule has 1 aromatic carbocycles. The molecule has 3 nitrogen and oxygen atoms in total. The van der Waals surface area contributed by atoms with E-state index >= 15 is 0 Å². The summed E-state index contributed by atoms with van der Waals surface area (Å²) < 4.78 is 1.05. The first kappa shape index (κ1) is 14.1. The van der Waals surface area contributed by atoms with Gasteiger partial charge in [-0.3, -0.25) is 10.1 Å². The molecule has 1 unspecified atom stereocenters. The van der Waals surface area contributed by atoms with Crippen LogP contribution in [0.4, 0.5) is 0 Å². The lowest BCUT2D eigenvalue weighted by Gasteiger charge is -2.25. The zero-order chi connectivity index (χ0) is 13.7. The standard InChI is InChI=1S/C15H17BrN2O/c1-2-8-17-11-15(19)18-9-4-7-14(18)12-5-3-6-13(16)10-12/h1,3,5-6,10,14,17H,4,7-9,11H2. The number of hydrogen-bond acceptors (Lipinski definition) is 2. The third-order valence-electron chi connectivity index (χ3n) is 3.31. The Balaban J connectivity index is 2.04. The van der Waals surface area contributed by atoms with Crippen LogP contribution in [0.15, 0.2) is 28.7 Å². The first-order valence-electron chi connectivity index (χ1n) is 6.41. The predicted molar refractivity (Wildman–Crippen MR) is 79.5 cm³/mol. The van der Waals surface area contributed by atoms with E-state index in [2.05, 4.69) is 39.3 Å². The highest BCUT2D eigenvalue weighted by molar-refractivity contribution is 9.10. The maximum absolute atomic E-state index is 12.2. The van der Waals surface area contributed by atoms with Crippen molar-refractivity contribution in [3.63, 3.8) is 0 Å². The molecule has 2 rings (SSSR count). The first-order valence-corrected chi connectivity index (χ1v) is 7.21. The van der Waals surface area contributed by atoms with Crippen molar-refractivity contribution >= 4 is 21.8 Å². The van der Waals surface area contributed by atoms with Gasteiger partial charge in [0.2, 0.25) is 5.91 Å². The molecule has 4 heteroatoms. The van der Waals surface area contributed by atoms with Gasteiger partial charge in [-0.2, -0.15) is 0 Å². The summed E-state index contributed by atoms with van der Waals surface area (Å²) in [6, 6.07) is 8.37. The number of hydrogen-bond donors (Lipinski definition) is 1. The molecule has 0 spiro atoms. The highest BCUT2D eigenvalue weighted by atomic mass is 79.9. The molecule has 1 aliphatic rings. The van der Waals surface area contributed by atoms with Crippen molar-refractivity contribution in [2.45, 2.75) is 18.9 Å². The fourth-order valence-corrected chi connectivity index (χ4v) is 2.89.